The van der Waals surface area contributed by atoms with Crippen LogP contribution in [-0.4, -0.2) is 26.6 Å². The standard InChI is InChI=1S/C12H9N5O2S/c13-4-8-10(7-2-1-3-15-5-7)16-12(17-11(8)19)20-6-9(14)18/h1-3,5H,6H2,(H2,14,18)(H,16,17,19). The van der Waals surface area contributed by atoms with Crippen LogP contribution >= 0.6 is 11.8 Å². The highest BCUT2D eigenvalue weighted by molar-refractivity contribution is 7.99. The molecule has 0 bridgehead atoms. The van der Waals surface area contributed by atoms with Crippen LogP contribution in [0.1, 0.15) is 5.56 Å². The lowest BCUT2D eigenvalue weighted by Gasteiger charge is -2.05. The second-order valence-electron chi connectivity index (χ2n) is 3.70. The van der Waals surface area contributed by atoms with Gasteiger partial charge < -0.3 is 10.7 Å². The average Bonchev–Trinajstić information content (AvgIpc) is 2.45. The molecule has 0 saturated heterocycles. The van der Waals surface area contributed by atoms with Crippen LogP contribution in [0.4, 0.5) is 0 Å². The maximum Gasteiger partial charge on any atom is 0.270 e. The van der Waals surface area contributed by atoms with Crippen LogP contribution in [0, 0.1) is 11.3 Å². The number of H-pyrrole nitrogens is 1. The molecule has 2 aromatic heterocycles. The first-order chi connectivity index (χ1) is 9.61. The van der Waals surface area contributed by atoms with Crippen LogP contribution in [0.15, 0.2) is 34.5 Å². The highest BCUT2D eigenvalue weighted by Crippen LogP contribution is 2.20. The van der Waals surface area contributed by atoms with Gasteiger partial charge in [-0.1, -0.05) is 11.8 Å². The Hall–Kier alpha value is -2.66. The summed E-state index contributed by atoms with van der Waals surface area (Å²) < 4.78 is 0. The third-order valence-electron chi connectivity index (χ3n) is 2.30. The van der Waals surface area contributed by atoms with Crippen LogP contribution in [0.2, 0.25) is 0 Å². The van der Waals surface area contributed by atoms with E-state index in [1.165, 1.54) is 6.20 Å². The van der Waals surface area contributed by atoms with Crippen LogP contribution in [-0.2, 0) is 4.79 Å². The number of rotatable bonds is 4. The average molecular weight is 287 g/mol. The molecule has 8 heteroatoms. The third-order valence-corrected chi connectivity index (χ3v) is 3.19. The summed E-state index contributed by atoms with van der Waals surface area (Å²) in [7, 11) is 0. The van der Waals surface area contributed by atoms with E-state index in [0.29, 0.717) is 5.56 Å². The van der Waals surface area contributed by atoms with E-state index in [1.54, 1.807) is 18.3 Å². The van der Waals surface area contributed by atoms with E-state index < -0.39 is 11.5 Å². The molecule has 0 fully saturated rings. The van der Waals surface area contributed by atoms with Crippen molar-refractivity contribution >= 4 is 17.7 Å². The second kappa shape index (κ2) is 5.99. The van der Waals surface area contributed by atoms with Crippen molar-refractivity contribution in [2.24, 2.45) is 5.73 Å². The van der Waals surface area contributed by atoms with Gasteiger partial charge in [0.25, 0.3) is 5.56 Å². The normalized spacial score (nSPS) is 9.95. The number of carbonyl (C=O) groups excluding carboxylic acids is 1. The Morgan fingerprint density at radius 1 is 1.55 bits per heavy atom. The molecule has 0 saturated carbocycles. The van der Waals surface area contributed by atoms with Crippen molar-refractivity contribution < 1.29 is 4.79 Å². The molecule has 20 heavy (non-hydrogen) atoms. The van der Waals surface area contributed by atoms with E-state index in [1.807, 2.05) is 6.07 Å². The second-order valence-corrected chi connectivity index (χ2v) is 4.67. The number of hydrogen-bond donors (Lipinski definition) is 2. The van der Waals surface area contributed by atoms with Crippen LogP contribution in [0.3, 0.4) is 0 Å². The predicted octanol–water partition coefficient (Wildman–Crippen LogP) is 0.281. The van der Waals surface area contributed by atoms with Gasteiger partial charge >= 0.3 is 0 Å². The zero-order valence-corrected chi connectivity index (χ0v) is 11.0. The summed E-state index contributed by atoms with van der Waals surface area (Å²) in [6.07, 6.45) is 3.08. The predicted molar refractivity (Wildman–Crippen MR) is 72.7 cm³/mol. The molecular formula is C12H9N5O2S. The van der Waals surface area contributed by atoms with Gasteiger partial charge in [0, 0.05) is 18.0 Å². The fourth-order valence-electron chi connectivity index (χ4n) is 1.48. The molecule has 100 valence electrons. The number of nitriles is 1. The molecule has 2 heterocycles. The Morgan fingerprint density at radius 3 is 2.95 bits per heavy atom. The Balaban J connectivity index is 2.52. The number of nitrogens with two attached hydrogens (primary N) is 1. The summed E-state index contributed by atoms with van der Waals surface area (Å²) in [5.41, 5.74) is 5.17. The summed E-state index contributed by atoms with van der Waals surface area (Å²) in [5, 5.41) is 9.29. The zero-order chi connectivity index (χ0) is 14.5. The third kappa shape index (κ3) is 3.02. The van der Waals surface area contributed by atoms with Gasteiger partial charge in [-0.15, -0.1) is 0 Å². The number of aromatic nitrogens is 3. The van der Waals surface area contributed by atoms with Gasteiger partial charge in [-0.3, -0.25) is 14.6 Å². The lowest BCUT2D eigenvalue weighted by molar-refractivity contribution is -0.115. The van der Waals surface area contributed by atoms with E-state index in [-0.39, 0.29) is 22.2 Å². The molecule has 0 aromatic carbocycles. The van der Waals surface area contributed by atoms with Crippen molar-refractivity contribution in [3.05, 3.63) is 40.4 Å². The molecule has 0 radical (unpaired) electrons. The molecule has 7 nitrogen and oxygen atoms in total. The van der Waals surface area contributed by atoms with E-state index >= 15 is 0 Å². The molecule has 0 aliphatic carbocycles. The van der Waals surface area contributed by atoms with Gasteiger partial charge in [0.15, 0.2) is 5.16 Å². The van der Waals surface area contributed by atoms with Crippen LogP contribution in [0.25, 0.3) is 11.3 Å². The highest BCUT2D eigenvalue weighted by Gasteiger charge is 2.14. The van der Waals surface area contributed by atoms with E-state index in [9.17, 15) is 9.59 Å². The van der Waals surface area contributed by atoms with Gasteiger partial charge in [-0.25, -0.2) is 4.98 Å². The first-order valence-corrected chi connectivity index (χ1v) is 6.46. The van der Waals surface area contributed by atoms with Crippen molar-refractivity contribution in [3.8, 4) is 17.3 Å². The fourth-order valence-corrected chi connectivity index (χ4v) is 2.08. The minimum absolute atomic E-state index is 0.0126. The summed E-state index contributed by atoms with van der Waals surface area (Å²) >= 11 is 1.000. The number of carbonyl (C=O) groups is 1. The Kier molecular flexibility index (Phi) is 4.12. The smallest absolute Gasteiger partial charge is 0.270 e. The lowest BCUT2D eigenvalue weighted by Crippen LogP contribution is -2.17. The first kappa shape index (κ1) is 13.8. The number of hydrogen-bond acceptors (Lipinski definition) is 6. The molecule has 0 atom stereocenters. The van der Waals surface area contributed by atoms with E-state index in [0.717, 1.165) is 11.8 Å². The first-order valence-electron chi connectivity index (χ1n) is 5.47. The summed E-state index contributed by atoms with van der Waals surface area (Å²) in [6.45, 7) is 0. The lowest BCUT2D eigenvalue weighted by atomic mass is 10.1. The minimum atomic E-state index is -0.562. The SMILES string of the molecule is N#Cc1c(-c2cccnc2)nc(SCC(N)=O)[nH]c1=O. The van der Waals surface area contributed by atoms with Gasteiger partial charge in [0.2, 0.25) is 5.91 Å². The highest BCUT2D eigenvalue weighted by atomic mass is 32.2. The van der Waals surface area contributed by atoms with Crippen LogP contribution in [0.5, 0.6) is 0 Å². The summed E-state index contributed by atoms with van der Waals surface area (Å²) in [5.74, 6) is -0.536. The number of thioether (sulfide) groups is 1. The Labute approximate surface area is 117 Å². The number of amides is 1. The molecule has 0 spiro atoms. The molecule has 1 amide bonds. The van der Waals surface area contributed by atoms with Crippen molar-refractivity contribution in [1.29, 1.82) is 5.26 Å². The molecule has 0 unspecified atom stereocenters. The fraction of sp³-hybridized carbons (Fsp3) is 0.0833. The maximum absolute atomic E-state index is 11.8. The topological polar surface area (TPSA) is 126 Å². The maximum atomic E-state index is 11.8. The van der Waals surface area contributed by atoms with Gasteiger partial charge in [0.05, 0.1) is 11.4 Å². The Morgan fingerprint density at radius 2 is 2.35 bits per heavy atom. The molecule has 2 rings (SSSR count). The summed E-state index contributed by atoms with van der Waals surface area (Å²) in [6, 6.07) is 5.19. The summed E-state index contributed by atoms with van der Waals surface area (Å²) in [4.78, 5) is 33.1. The van der Waals surface area contributed by atoms with Crippen molar-refractivity contribution in [2.45, 2.75) is 5.16 Å². The van der Waals surface area contributed by atoms with Crippen molar-refractivity contribution in [1.82, 2.24) is 15.0 Å². The largest absolute Gasteiger partial charge is 0.369 e. The van der Waals surface area contributed by atoms with Crippen LogP contribution < -0.4 is 11.3 Å². The number of primary amides is 1. The molecule has 0 aliphatic heterocycles. The Bertz CT molecular complexity index is 736. The molecular weight excluding hydrogens is 278 g/mol. The number of pyridine rings is 1. The number of nitrogens with zero attached hydrogens (tertiary/aromatic N) is 3. The van der Waals surface area contributed by atoms with Crippen molar-refractivity contribution in [3.63, 3.8) is 0 Å². The van der Waals surface area contributed by atoms with Crippen molar-refractivity contribution in [2.75, 3.05) is 5.75 Å². The molecule has 2 aromatic rings. The number of aromatic amines is 1. The van der Waals surface area contributed by atoms with Gasteiger partial charge in [-0.2, -0.15) is 5.26 Å². The minimum Gasteiger partial charge on any atom is -0.369 e. The van der Waals surface area contributed by atoms with E-state index in [4.69, 9.17) is 11.0 Å². The monoisotopic (exact) mass is 287 g/mol. The van der Waals surface area contributed by atoms with E-state index in [2.05, 4.69) is 15.0 Å². The molecule has 0 aliphatic rings. The van der Waals surface area contributed by atoms with Gasteiger partial charge in [0.1, 0.15) is 11.6 Å². The number of nitrogens with one attached hydrogen (secondary N) is 1. The quantitative estimate of drug-likeness (QED) is 0.614. The van der Waals surface area contributed by atoms with Gasteiger partial charge in [-0.05, 0) is 12.1 Å². The molecule has 3 N–H and O–H groups in total. The zero-order valence-electron chi connectivity index (χ0n) is 10.2.